The molecule has 3 aliphatic rings. The molecule has 0 aromatic heterocycles. The predicted octanol–water partition coefficient (Wildman–Crippen LogP) is 2.69. The van der Waals surface area contributed by atoms with E-state index in [1.807, 2.05) is 6.92 Å². The summed E-state index contributed by atoms with van der Waals surface area (Å²) in [7, 11) is 3.02. The molecule has 0 saturated carbocycles. The Kier molecular flexibility index (Phi) is 11.4. The highest BCUT2D eigenvalue weighted by Crippen LogP contribution is 2.53. The average Bonchev–Trinajstić information content (AvgIpc) is 3.01. The maximum Gasteiger partial charge on any atom is 0.408 e. The number of aromatic hydroxyl groups is 1. The van der Waals surface area contributed by atoms with Gasteiger partial charge in [-0.15, -0.1) is 0 Å². The number of halogens is 1. The summed E-state index contributed by atoms with van der Waals surface area (Å²) in [5, 5.41) is 50.6. The van der Waals surface area contributed by atoms with Crippen LogP contribution in [0.1, 0.15) is 75.7 Å². The third-order valence-corrected chi connectivity index (χ3v) is 9.37. The average molecular weight is 719 g/mol. The molecular formula is C35H47FN4O11. The van der Waals surface area contributed by atoms with Crippen LogP contribution >= 0.6 is 0 Å². The van der Waals surface area contributed by atoms with Crippen molar-refractivity contribution < 1.29 is 58.3 Å². The summed E-state index contributed by atoms with van der Waals surface area (Å²) < 4.78 is 26.2. The minimum Gasteiger partial charge on any atom is -0.510 e. The maximum absolute atomic E-state index is 15.7. The van der Waals surface area contributed by atoms with E-state index in [0.29, 0.717) is 6.42 Å². The summed E-state index contributed by atoms with van der Waals surface area (Å²) >= 11 is 0. The largest absolute Gasteiger partial charge is 0.510 e. The van der Waals surface area contributed by atoms with Crippen molar-refractivity contribution >= 4 is 35.2 Å². The number of primary amides is 1. The number of likely N-dealkylation sites (N-methyl/N-ethyl adjacent to an activating group) is 1. The van der Waals surface area contributed by atoms with Crippen LogP contribution in [0.25, 0.3) is 0 Å². The lowest BCUT2D eigenvalue weighted by molar-refractivity contribution is -0.148. The lowest BCUT2D eigenvalue weighted by atomic mass is 9.58. The Morgan fingerprint density at radius 3 is 2.41 bits per heavy atom. The Labute approximate surface area is 294 Å². The van der Waals surface area contributed by atoms with Gasteiger partial charge >= 0.3 is 12.1 Å². The van der Waals surface area contributed by atoms with E-state index in [2.05, 4.69) is 10.6 Å². The van der Waals surface area contributed by atoms with E-state index < -0.39 is 104 Å². The van der Waals surface area contributed by atoms with Crippen molar-refractivity contribution in [1.82, 2.24) is 10.2 Å². The fourth-order valence-electron chi connectivity index (χ4n) is 7.05. The number of anilines is 1. The topological polar surface area (TPSA) is 238 Å². The monoisotopic (exact) mass is 718 g/mol. The van der Waals surface area contributed by atoms with Gasteiger partial charge in [-0.25, -0.2) is 14.0 Å². The number of nitrogens with two attached hydrogens (primary N) is 1. The number of hydrogen-bond acceptors (Lipinski definition) is 13. The van der Waals surface area contributed by atoms with E-state index in [4.69, 9.17) is 15.2 Å². The molecule has 0 radical (unpaired) electrons. The fraction of sp³-hybridized carbons (Fsp3) is 0.571. The van der Waals surface area contributed by atoms with Crippen molar-refractivity contribution in [2.75, 3.05) is 32.6 Å². The number of nitrogens with zero attached hydrogens (tertiary/aromatic N) is 1. The number of phenolic OH excluding ortho intramolecular Hbond substituents is 1. The van der Waals surface area contributed by atoms with Gasteiger partial charge < -0.3 is 46.3 Å². The summed E-state index contributed by atoms with van der Waals surface area (Å²) in [6.07, 6.45) is 0.503. The van der Waals surface area contributed by atoms with Gasteiger partial charge in [-0.05, 0) is 72.9 Å². The van der Waals surface area contributed by atoms with Crippen LogP contribution in [0.5, 0.6) is 5.75 Å². The highest BCUT2D eigenvalue weighted by molar-refractivity contribution is 6.24. The Hall–Kier alpha value is -4.70. The number of ketones is 2. The first kappa shape index (κ1) is 39.1. The van der Waals surface area contributed by atoms with Crippen LogP contribution in [-0.4, -0.2) is 105 Å². The number of alkyl carbamates (subject to hydrolysis) is 1. The summed E-state index contributed by atoms with van der Waals surface area (Å²) in [6.45, 7) is 7.14. The third kappa shape index (κ3) is 7.52. The molecule has 1 aromatic rings. The Morgan fingerprint density at radius 2 is 1.82 bits per heavy atom. The van der Waals surface area contributed by atoms with Crippen molar-refractivity contribution in [2.24, 2.45) is 17.6 Å². The van der Waals surface area contributed by atoms with Crippen LogP contribution < -0.4 is 16.4 Å². The van der Waals surface area contributed by atoms with Crippen molar-refractivity contribution in [3.63, 3.8) is 0 Å². The number of phenols is 1. The second-order valence-corrected chi connectivity index (χ2v) is 14.4. The highest BCUT2D eigenvalue weighted by Gasteiger charge is 2.63. The second kappa shape index (κ2) is 14.9. The molecule has 0 heterocycles. The van der Waals surface area contributed by atoms with E-state index in [1.54, 1.807) is 20.8 Å². The lowest BCUT2D eigenvalue weighted by Crippen LogP contribution is -2.63. The number of benzene rings is 1. The van der Waals surface area contributed by atoms with Gasteiger partial charge in [0.15, 0.2) is 11.4 Å². The van der Waals surface area contributed by atoms with E-state index in [-0.39, 0.29) is 50.1 Å². The van der Waals surface area contributed by atoms with Gasteiger partial charge in [0.05, 0.1) is 23.9 Å². The highest BCUT2D eigenvalue weighted by atomic mass is 19.1. The van der Waals surface area contributed by atoms with E-state index in [0.717, 1.165) is 12.5 Å². The van der Waals surface area contributed by atoms with Crippen LogP contribution in [0.3, 0.4) is 0 Å². The van der Waals surface area contributed by atoms with Gasteiger partial charge in [-0.2, -0.15) is 0 Å². The molecule has 0 unspecified atom stereocenters. The number of carbonyl (C=O) groups excluding carboxylic acids is 5. The van der Waals surface area contributed by atoms with Gasteiger partial charge in [0.2, 0.25) is 5.78 Å². The van der Waals surface area contributed by atoms with Crippen LogP contribution in [0.4, 0.5) is 14.9 Å². The smallest absolute Gasteiger partial charge is 0.408 e. The zero-order valence-corrected chi connectivity index (χ0v) is 29.6. The minimum atomic E-state index is -2.82. The predicted molar refractivity (Wildman–Crippen MR) is 180 cm³/mol. The van der Waals surface area contributed by atoms with Gasteiger partial charge in [-0.3, -0.25) is 19.3 Å². The van der Waals surface area contributed by atoms with Crippen LogP contribution in [-0.2, 0) is 30.3 Å². The van der Waals surface area contributed by atoms with Gasteiger partial charge in [0.25, 0.3) is 5.91 Å². The first-order valence-electron chi connectivity index (χ1n) is 16.8. The Bertz CT molecular complexity index is 1680. The van der Waals surface area contributed by atoms with E-state index in [1.165, 1.54) is 19.0 Å². The molecule has 0 bridgehead atoms. The number of aliphatic hydroxyl groups is 3. The number of rotatable bonds is 12. The molecule has 2 amide bonds. The maximum atomic E-state index is 15.7. The van der Waals surface area contributed by atoms with Crippen LogP contribution in [0.2, 0.25) is 0 Å². The number of nitrogens with one attached hydrogen (secondary N) is 2. The molecule has 16 heteroatoms. The van der Waals surface area contributed by atoms with Crippen molar-refractivity contribution in [2.45, 2.75) is 89.5 Å². The number of fused-ring (bicyclic) bond motifs is 3. The third-order valence-electron chi connectivity index (χ3n) is 9.37. The number of Topliss-reactive ketones (excluding diaryl/α,β-unsaturated/α-hetero) is 2. The molecule has 1 aromatic carbocycles. The number of esters is 1. The van der Waals surface area contributed by atoms with Gasteiger partial charge in [-0.1, -0.05) is 13.3 Å². The number of unbranched alkanes of at least 4 members (excludes halogenated alkanes) is 1. The SMILES string of the molecule is CCCCOC(=O)[C@H](CCCNc1cc(F)c2c(c1O)C(=O)C1=C(O)[C@]3(O)C(=O)C(C(N)=O)=C(O)[C@@H](N(C)C)[C@@H]3C[C@@H]1C2)NC(=O)OC(C)(C)C. The number of hydrogen-bond donors (Lipinski definition) is 7. The molecular weight excluding hydrogens is 671 g/mol. The standard InChI is InChI=1S/C35H47FN4O11/c1-7-8-12-50-32(47)20(39-33(48)51-34(2,3)4)10-9-11-38-21-15-19(36)17-13-16-14-18-25(40(5)6)28(43)24(31(37)46)30(45)35(18,49)29(44)22(16)27(42)23(17)26(21)41/h15-16,18,20,25,38,41,43-44,49H,7-14H2,1-6H3,(H2,37,46)(H,39,48)/t16-,18-,20-,25-,35-/m0/s1. The summed E-state index contributed by atoms with van der Waals surface area (Å²) in [5.74, 6) is -9.83. The fourth-order valence-corrected chi connectivity index (χ4v) is 7.05. The first-order chi connectivity index (χ1) is 23.8. The van der Waals surface area contributed by atoms with Crippen molar-refractivity contribution in [1.29, 1.82) is 0 Å². The first-order valence-corrected chi connectivity index (χ1v) is 16.8. The van der Waals surface area contributed by atoms with E-state index >= 15 is 4.39 Å². The van der Waals surface area contributed by atoms with E-state index in [9.17, 15) is 44.4 Å². The zero-order chi connectivity index (χ0) is 38.2. The zero-order valence-electron chi connectivity index (χ0n) is 29.6. The molecule has 280 valence electrons. The molecule has 5 atom stereocenters. The number of amides is 2. The number of aliphatic hydroxyl groups excluding tert-OH is 2. The number of allylic oxidation sites excluding steroid dienone is 1. The normalized spacial score (nSPS) is 23.7. The lowest BCUT2D eigenvalue weighted by Gasteiger charge is -2.50. The summed E-state index contributed by atoms with van der Waals surface area (Å²) in [4.78, 5) is 66.1. The van der Waals surface area contributed by atoms with Crippen molar-refractivity contribution in [3.8, 4) is 5.75 Å². The van der Waals surface area contributed by atoms with Crippen LogP contribution in [0, 0.1) is 17.7 Å². The molecule has 0 fully saturated rings. The molecule has 4 rings (SSSR count). The number of carbonyl (C=O) groups is 5. The summed E-state index contributed by atoms with van der Waals surface area (Å²) in [6, 6.07) is -1.23. The molecule has 8 N–H and O–H groups in total. The minimum absolute atomic E-state index is 0.0405. The molecule has 0 aliphatic heterocycles. The molecule has 0 saturated heterocycles. The Balaban J connectivity index is 1.59. The van der Waals surface area contributed by atoms with Crippen LogP contribution in [0.15, 0.2) is 28.7 Å². The quantitative estimate of drug-likeness (QED) is 0.0713. The molecule has 0 spiro atoms. The van der Waals surface area contributed by atoms with Crippen molar-refractivity contribution in [3.05, 3.63) is 45.7 Å². The molecule has 15 nitrogen and oxygen atoms in total. The van der Waals surface area contributed by atoms with Gasteiger partial charge in [0.1, 0.15) is 40.3 Å². The molecule has 3 aliphatic carbocycles. The Morgan fingerprint density at radius 1 is 1.16 bits per heavy atom. The van der Waals surface area contributed by atoms with Gasteiger partial charge in [0, 0.05) is 29.7 Å². The summed E-state index contributed by atoms with van der Waals surface area (Å²) in [5.41, 5.74) is -0.436. The molecule has 51 heavy (non-hydrogen) atoms. The second-order valence-electron chi connectivity index (χ2n) is 14.4. The number of ether oxygens (including phenoxy) is 2.